The van der Waals surface area contributed by atoms with Crippen molar-refractivity contribution in [2.24, 2.45) is 5.10 Å². The predicted molar refractivity (Wildman–Crippen MR) is 109 cm³/mol. The van der Waals surface area contributed by atoms with Crippen LogP contribution in [-0.4, -0.2) is 18.2 Å². The van der Waals surface area contributed by atoms with Gasteiger partial charge in [-0.2, -0.15) is 5.10 Å². The molecule has 3 aromatic rings. The molecule has 0 unspecified atom stereocenters. The minimum absolute atomic E-state index is 0.214. The third-order valence-electron chi connectivity index (χ3n) is 4.05. The highest BCUT2D eigenvalue weighted by molar-refractivity contribution is 5.99. The van der Waals surface area contributed by atoms with Gasteiger partial charge < -0.3 is 9.47 Å². The largest absolute Gasteiger partial charge is 0.489 e. The number of nitrogens with one attached hydrogen (secondary N) is 1. The van der Waals surface area contributed by atoms with Crippen molar-refractivity contribution < 1.29 is 18.7 Å². The van der Waals surface area contributed by atoms with Crippen LogP contribution in [0.15, 0.2) is 84.0 Å². The Balaban J connectivity index is 1.47. The van der Waals surface area contributed by atoms with E-state index in [-0.39, 0.29) is 12.4 Å². The summed E-state index contributed by atoms with van der Waals surface area (Å²) in [6.45, 7) is 2.08. The zero-order valence-corrected chi connectivity index (χ0v) is 16.0. The van der Waals surface area contributed by atoms with Crippen LogP contribution in [0.1, 0.15) is 18.1 Å². The number of rotatable bonds is 8. The first-order chi connectivity index (χ1) is 14.1. The number of hydrogen-bond acceptors (Lipinski definition) is 4. The summed E-state index contributed by atoms with van der Waals surface area (Å²) < 4.78 is 23.9. The van der Waals surface area contributed by atoms with E-state index in [1.807, 2.05) is 54.6 Å². The lowest BCUT2D eigenvalue weighted by atomic mass is 10.1. The molecule has 29 heavy (non-hydrogen) atoms. The first-order valence-corrected chi connectivity index (χ1v) is 9.09. The first-order valence-electron chi connectivity index (χ1n) is 9.09. The van der Waals surface area contributed by atoms with Gasteiger partial charge in [0, 0.05) is 0 Å². The highest BCUT2D eigenvalue weighted by Crippen LogP contribution is 2.15. The molecule has 148 valence electrons. The van der Waals surface area contributed by atoms with E-state index in [1.54, 1.807) is 6.92 Å². The maximum Gasteiger partial charge on any atom is 0.277 e. The van der Waals surface area contributed by atoms with Gasteiger partial charge in [0.05, 0.1) is 5.71 Å². The Morgan fingerprint density at radius 1 is 0.897 bits per heavy atom. The smallest absolute Gasteiger partial charge is 0.277 e. The Hall–Kier alpha value is -3.67. The summed E-state index contributed by atoms with van der Waals surface area (Å²) in [5.41, 5.74) is 5.05. The monoisotopic (exact) mass is 392 g/mol. The summed E-state index contributed by atoms with van der Waals surface area (Å²) in [4.78, 5) is 11.9. The van der Waals surface area contributed by atoms with E-state index < -0.39 is 5.91 Å². The van der Waals surface area contributed by atoms with Crippen LogP contribution in [0.2, 0.25) is 0 Å². The highest BCUT2D eigenvalue weighted by Gasteiger charge is 2.04. The lowest BCUT2D eigenvalue weighted by Crippen LogP contribution is -2.25. The van der Waals surface area contributed by atoms with Gasteiger partial charge in [-0.15, -0.1) is 0 Å². The lowest BCUT2D eigenvalue weighted by Gasteiger charge is -2.08. The second-order valence-corrected chi connectivity index (χ2v) is 6.27. The van der Waals surface area contributed by atoms with E-state index in [0.717, 1.165) is 16.9 Å². The van der Waals surface area contributed by atoms with E-state index >= 15 is 0 Å². The quantitative estimate of drug-likeness (QED) is 0.459. The standard InChI is InChI=1S/C23H21FN2O3/c1-17(25-26-23(27)16-29-22-13-9-20(24)10-14-22)19-7-11-21(12-8-19)28-15-18-5-3-2-4-6-18/h2-14H,15-16H2,1H3,(H,26,27)/b25-17+. The number of hydrogen-bond donors (Lipinski definition) is 1. The normalized spacial score (nSPS) is 11.0. The van der Waals surface area contributed by atoms with Gasteiger partial charge in [-0.05, 0) is 66.6 Å². The fraction of sp³-hybridized carbons (Fsp3) is 0.130. The number of benzene rings is 3. The second-order valence-electron chi connectivity index (χ2n) is 6.27. The molecule has 0 bridgehead atoms. The zero-order chi connectivity index (χ0) is 20.5. The van der Waals surface area contributed by atoms with Gasteiger partial charge in [-0.25, -0.2) is 9.82 Å². The molecule has 0 aliphatic heterocycles. The number of carbonyl (C=O) groups is 1. The van der Waals surface area contributed by atoms with Crippen molar-refractivity contribution in [3.8, 4) is 11.5 Å². The maximum absolute atomic E-state index is 12.8. The lowest BCUT2D eigenvalue weighted by molar-refractivity contribution is -0.123. The van der Waals surface area contributed by atoms with Gasteiger partial charge in [-0.3, -0.25) is 4.79 Å². The number of amides is 1. The van der Waals surface area contributed by atoms with Crippen molar-refractivity contribution in [1.29, 1.82) is 0 Å². The summed E-state index contributed by atoms with van der Waals surface area (Å²) in [5, 5.41) is 4.08. The van der Waals surface area contributed by atoms with Gasteiger partial charge in [-0.1, -0.05) is 30.3 Å². The van der Waals surface area contributed by atoms with Crippen molar-refractivity contribution in [3.63, 3.8) is 0 Å². The molecule has 0 aliphatic rings. The van der Waals surface area contributed by atoms with Crippen molar-refractivity contribution in [3.05, 3.63) is 95.8 Å². The molecule has 5 nitrogen and oxygen atoms in total. The summed E-state index contributed by atoms with van der Waals surface area (Å²) in [5.74, 6) is 0.394. The minimum atomic E-state index is -0.406. The molecule has 0 aliphatic carbocycles. The summed E-state index contributed by atoms with van der Waals surface area (Å²) in [6, 6.07) is 22.8. The van der Waals surface area contributed by atoms with Gasteiger partial charge >= 0.3 is 0 Å². The Labute approximate surface area is 168 Å². The molecular weight excluding hydrogens is 371 g/mol. The molecule has 0 saturated heterocycles. The highest BCUT2D eigenvalue weighted by atomic mass is 19.1. The molecule has 1 N–H and O–H groups in total. The molecule has 0 spiro atoms. The third-order valence-corrected chi connectivity index (χ3v) is 4.05. The molecule has 3 rings (SSSR count). The SMILES string of the molecule is C/C(=N\NC(=O)COc1ccc(F)cc1)c1ccc(OCc2ccccc2)cc1. The third kappa shape index (κ3) is 6.46. The van der Waals surface area contributed by atoms with Crippen LogP contribution in [-0.2, 0) is 11.4 Å². The molecule has 0 fully saturated rings. The topological polar surface area (TPSA) is 59.9 Å². The van der Waals surface area contributed by atoms with Crippen molar-refractivity contribution in [2.45, 2.75) is 13.5 Å². The molecule has 0 aromatic heterocycles. The van der Waals surface area contributed by atoms with Gasteiger partial charge in [0.1, 0.15) is 23.9 Å². The van der Waals surface area contributed by atoms with Crippen molar-refractivity contribution >= 4 is 11.6 Å². The second kappa shape index (κ2) is 10.0. The Morgan fingerprint density at radius 2 is 1.52 bits per heavy atom. The Kier molecular flexibility index (Phi) is 6.95. The number of carbonyl (C=O) groups excluding carboxylic acids is 1. The van der Waals surface area contributed by atoms with E-state index in [4.69, 9.17) is 9.47 Å². The fourth-order valence-corrected chi connectivity index (χ4v) is 2.46. The van der Waals surface area contributed by atoms with Crippen LogP contribution < -0.4 is 14.9 Å². The molecule has 3 aromatic carbocycles. The van der Waals surface area contributed by atoms with E-state index in [0.29, 0.717) is 18.1 Å². The number of hydrazone groups is 1. The first kappa shape index (κ1) is 20.1. The predicted octanol–water partition coefficient (Wildman–Crippen LogP) is 4.32. The van der Waals surface area contributed by atoms with Crippen molar-refractivity contribution in [1.82, 2.24) is 5.43 Å². The summed E-state index contributed by atoms with van der Waals surface area (Å²) in [7, 11) is 0. The average Bonchev–Trinajstić information content (AvgIpc) is 2.76. The molecule has 0 radical (unpaired) electrons. The number of nitrogens with zero attached hydrogens (tertiary/aromatic N) is 1. The molecule has 0 saturated carbocycles. The van der Waals surface area contributed by atoms with Crippen LogP contribution in [0.4, 0.5) is 4.39 Å². The fourth-order valence-electron chi connectivity index (χ4n) is 2.46. The van der Waals surface area contributed by atoms with Crippen LogP contribution in [0.25, 0.3) is 0 Å². The Morgan fingerprint density at radius 3 is 2.21 bits per heavy atom. The van der Waals surface area contributed by atoms with Crippen LogP contribution >= 0.6 is 0 Å². The zero-order valence-electron chi connectivity index (χ0n) is 16.0. The molecular formula is C23H21FN2O3. The van der Waals surface area contributed by atoms with Gasteiger partial charge in [0.15, 0.2) is 6.61 Å². The number of ether oxygens (including phenoxy) is 2. The van der Waals surface area contributed by atoms with Crippen LogP contribution in [0, 0.1) is 5.82 Å². The average molecular weight is 392 g/mol. The molecule has 1 amide bonds. The van der Waals surface area contributed by atoms with Crippen LogP contribution in [0.5, 0.6) is 11.5 Å². The minimum Gasteiger partial charge on any atom is -0.489 e. The Bertz CT molecular complexity index is 956. The van der Waals surface area contributed by atoms with Crippen LogP contribution in [0.3, 0.4) is 0 Å². The summed E-state index contributed by atoms with van der Waals surface area (Å²) in [6.07, 6.45) is 0. The summed E-state index contributed by atoms with van der Waals surface area (Å²) >= 11 is 0. The van der Waals surface area contributed by atoms with Crippen molar-refractivity contribution in [2.75, 3.05) is 6.61 Å². The van der Waals surface area contributed by atoms with E-state index in [9.17, 15) is 9.18 Å². The molecule has 0 atom stereocenters. The van der Waals surface area contributed by atoms with Gasteiger partial charge in [0.25, 0.3) is 5.91 Å². The number of halogens is 1. The van der Waals surface area contributed by atoms with Gasteiger partial charge in [0.2, 0.25) is 0 Å². The molecule has 0 heterocycles. The molecule has 6 heteroatoms. The maximum atomic E-state index is 12.8. The van der Waals surface area contributed by atoms with E-state index in [1.165, 1.54) is 24.3 Å². The van der Waals surface area contributed by atoms with E-state index in [2.05, 4.69) is 10.5 Å².